The number of aliphatic carboxylic acids is 1. The molecule has 1 aliphatic carbocycles. The summed E-state index contributed by atoms with van der Waals surface area (Å²) in [6, 6.07) is 0. The van der Waals surface area contributed by atoms with Gasteiger partial charge in [-0.05, 0) is 11.8 Å². The molecule has 1 fully saturated rings. The number of hydrogen-bond donors (Lipinski definition) is 1. The first-order valence-corrected chi connectivity index (χ1v) is 4.18. The van der Waals surface area contributed by atoms with Crippen molar-refractivity contribution >= 4 is 25.2 Å². The third-order valence-electron chi connectivity index (χ3n) is 2.72. The molecule has 1 atom stereocenters. The zero-order chi connectivity index (χ0) is 9.35. The highest BCUT2D eigenvalue weighted by atomic mass is 32.1. The number of carbonyl (C=O) groups excluding carboxylic acids is 1. The van der Waals surface area contributed by atoms with Crippen LogP contribution in [0.1, 0.15) is 33.1 Å². The van der Waals surface area contributed by atoms with Gasteiger partial charge < -0.3 is 5.11 Å². The number of Topliss-reactive ketones (excluding diaryl/α,β-unsaturated/α-hetero) is 1. The number of ketones is 1. The molecule has 0 amide bonds. The maximum absolute atomic E-state index is 11.0. The number of carboxylic acid groups (broad SMARTS) is 1. The van der Waals surface area contributed by atoms with E-state index in [1.807, 2.05) is 13.8 Å². The van der Waals surface area contributed by atoms with E-state index in [4.69, 9.17) is 5.11 Å². The normalized spacial score (nSPS) is 26.3. The smallest absolute Gasteiger partial charge is 0.307 e. The Kier molecular flexibility index (Phi) is 3.97. The van der Waals surface area contributed by atoms with Crippen molar-refractivity contribution in [3.05, 3.63) is 0 Å². The third kappa shape index (κ3) is 2.72. The molecule has 0 aromatic carbocycles. The first-order chi connectivity index (χ1) is 5.43. The molecule has 0 aromatic heterocycles. The van der Waals surface area contributed by atoms with E-state index in [1.54, 1.807) is 0 Å². The first-order valence-electron chi connectivity index (χ1n) is 4.18. The quantitative estimate of drug-likeness (QED) is 0.705. The molecule has 1 aliphatic rings. The van der Waals surface area contributed by atoms with E-state index in [2.05, 4.69) is 0 Å². The fourth-order valence-electron chi connectivity index (χ4n) is 1.66. The number of rotatable bonds is 1. The van der Waals surface area contributed by atoms with Crippen molar-refractivity contribution in [1.29, 1.82) is 0 Å². The molecule has 0 bridgehead atoms. The molecule has 3 nitrogen and oxygen atoms in total. The summed E-state index contributed by atoms with van der Waals surface area (Å²) in [6.07, 6.45) is 1.45. The third-order valence-corrected chi connectivity index (χ3v) is 2.72. The Balaban J connectivity index is 0.00000144. The number of carbonyl (C=O) groups is 2. The fourth-order valence-corrected chi connectivity index (χ4v) is 1.66. The van der Waals surface area contributed by atoms with Crippen LogP contribution in [-0.2, 0) is 9.59 Å². The van der Waals surface area contributed by atoms with Crippen molar-refractivity contribution in [3.8, 4) is 0 Å². The van der Waals surface area contributed by atoms with Crippen molar-refractivity contribution in [2.75, 3.05) is 0 Å². The van der Waals surface area contributed by atoms with Gasteiger partial charge in [0.2, 0.25) is 0 Å². The largest absolute Gasteiger partial charge is 0.481 e. The van der Waals surface area contributed by atoms with Gasteiger partial charge in [-0.1, -0.05) is 13.8 Å². The van der Waals surface area contributed by atoms with Crippen LogP contribution in [-0.4, -0.2) is 16.9 Å². The van der Waals surface area contributed by atoms with Crippen LogP contribution in [0.15, 0.2) is 0 Å². The van der Waals surface area contributed by atoms with Crippen molar-refractivity contribution < 1.29 is 14.7 Å². The molecule has 0 radical (unpaired) electrons. The Morgan fingerprint density at radius 2 is 2.08 bits per heavy atom. The van der Waals surface area contributed by atoms with Crippen LogP contribution in [0.3, 0.4) is 0 Å². The minimum atomic E-state index is -0.840. The van der Waals surface area contributed by atoms with Crippen LogP contribution in [0, 0.1) is 11.3 Å². The van der Waals surface area contributed by atoms with Gasteiger partial charge in [0.05, 0.1) is 5.92 Å². The summed E-state index contributed by atoms with van der Waals surface area (Å²) in [5.41, 5.74) is -0.222. The maximum atomic E-state index is 11.0. The van der Waals surface area contributed by atoms with Crippen molar-refractivity contribution in [2.24, 2.45) is 11.3 Å². The monoisotopic (exact) mass is 204 g/mol. The van der Waals surface area contributed by atoms with Crippen LogP contribution < -0.4 is 0 Å². The van der Waals surface area contributed by atoms with Gasteiger partial charge in [0, 0.05) is 12.8 Å². The standard InChI is InChI=1S/C9H14O3.H2S/c1-9(2)4-3-6(10)5-7(9)8(11)12;/h7H,3-5H2,1-2H3,(H,11,12);1H2/t7-;/m1./s1. The Morgan fingerprint density at radius 3 is 2.46 bits per heavy atom. The van der Waals surface area contributed by atoms with E-state index >= 15 is 0 Å². The van der Waals surface area contributed by atoms with Gasteiger partial charge >= 0.3 is 5.97 Å². The molecule has 76 valence electrons. The molecule has 13 heavy (non-hydrogen) atoms. The number of carboxylic acids is 1. The first kappa shape index (κ1) is 12.5. The van der Waals surface area contributed by atoms with Gasteiger partial charge in [-0.2, -0.15) is 13.5 Å². The molecule has 0 unspecified atom stereocenters. The molecule has 0 heterocycles. The summed E-state index contributed by atoms with van der Waals surface area (Å²) in [5, 5.41) is 8.84. The predicted molar refractivity (Wildman–Crippen MR) is 54.1 cm³/mol. The molecular weight excluding hydrogens is 188 g/mol. The van der Waals surface area contributed by atoms with Crippen LogP contribution >= 0.6 is 13.5 Å². The Morgan fingerprint density at radius 1 is 1.54 bits per heavy atom. The highest BCUT2D eigenvalue weighted by molar-refractivity contribution is 7.59. The van der Waals surface area contributed by atoms with Gasteiger partial charge in [0.15, 0.2) is 0 Å². The highest BCUT2D eigenvalue weighted by Crippen LogP contribution is 2.39. The lowest BCUT2D eigenvalue weighted by Gasteiger charge is -2.34. The zero-order valence-electron chi connectivity index (χ0n) is 7.96. The Bertz CT molecular complexity index is 223. The summed E-state index contributed by atoms with van der Waals surface area (Å²) >= 11 is 0. The lowest BCUT2D eigenvalue weighted by atomic mass is 9.68. The lowest BCUT2D eigenvalue weighted by molar-refractivity contribution is -0.150. The summed E-state index contributed by atoms with van der Waals surface area (Å²) in [6.45, 7) is 3.83. The van der Waals surface area contributed by atoms with Gasteiger partial charge in [-0.25, -0.2) is 0 Å². The second kappa shape index (κ2) is 4.13. The lowest BCUT2D eigenvalue weighted by Crippen LogP contribution is -2.37. The summed E-state index contributed by atoms with van der Waals surface area (Å²) in [4.78, 5) is 21.8. The topological polar surface area (TPSA) is 54.4 Å². The SMILES string of the molecule is CC1(C)CCC(=O)C[C@@H]1C(=O)O.S. The molecule has 0 aromatic rings. The minimum absolute atomic E-state index is 0. The number of hydrogen-bond acceptors (Lipinski definition) is 2. The van der Waals surface area contributed by atoms with Crippen LogP contribution in [0.5, 0.6) is 0 Å². The second-order valence-corrected chi connectivity index (χ2v) is 4.12. The van der Waals surface area contributed by atoms with E-state index in [1.165, 1.54) is 0 Å². The zero-order valence-corrected chi connectivity index (χ0v) is 8.96. The highest BCUT2D eigenvalue weighted by Gasteiger charge is 2.40. The average Bonchev–Trinajstić information content (AvgIpc) is 1.94. The van der Waals surface area contributed by atoms with Crippen LogP contribution in [0.4, 0.5) is 0 Å². The summed E-state index contributed by atoms with van der Waals surface area (Å²) in [7, 11) is 0. The van der Waals surface area contributed by atoms with Gasteiger partial charge in [0.25, 0.3) is 0 Å². The van der Waals surface area contributed by atoms with Crippen LogP contribution in [0.25, 0.3) is 0 Å². The van der Waals surface area contributed by atoms with Crippen molar-refractivity contribution in [3.63, 3.8) is 0 Å². The molecule has 0 spiro atoms. The van der Waals surface area contributed by atoms with E-state index in [9.17, 15) is 9.59 Å². The Labute approximate surface area is 85.0 Å². The van der Waals surface area contributed by atoms with Gasteiger partial charge in [-0.15, -0.1) is 0 Å². The van der Waals surface area contributed by atoms with Crippen LogP contribution in [0.2, 0.25) is 0 Å². The molecular formula is C9H16O3S. The Hall–Kier alpha value is -0.510. The van der Waals surface area contributed by atoms with Crippen molar-refractivity contribution in [2.45, 2.75) is 33.1 Å². The maximum Gasteiger partial charge on any atom is 0.307 e. The molecule has 0 saturated heterocycles. The second-order valence-electron chi connectivity index (χ2n) is 4.12. The van der Waals surface area contributed by atoms with Gasteiger partial charge in [-0.3, -0.25) is 9.59 Å². The van der Waals surface area contributed by atoms with E-state index in [0.717, 1.165) is 0 Å². The average molecular weight is 204 g/mol. The summed E-state index contributed by atoms with van der Waals surface area (Å²) in [5.74, 6) is -1.24. The molecule has 1 N–H and O–H groups in total. The molecule has 1 saturated carbocycles. The van der Waals surface area contributed by atoms with E-state index < -0.39 is 11.9 Å². The molecule has 4 heteroatoms. The van der Waals surface area contributed by atoms with E-state index in [0.29, 0.717) is 12.8 Å². The predicted octanol–water partition coefficient (Wildman–Crippen LogP) is 1.58. The minimum Gasteiger partial charge on any atom is -0.481 e. The summed E-state index contributed by atoms with van der Waals surface area (Å²) < 4.78 is 0. The van der Waals surface area contributed by atoms with Gasteiger partial charge in [0.1, 0.15) is 5.78 Å². The van der Waals surface area contributed by atoms with E-state index in [-0.39, 0.29) is 31.1 Å². The molecule has 1 rings (SSSR count). The van der Waals surface area contributed by atoms with Crippen molar-refractivity contribution in [1.82, 2.24) is 0 Å². The molecule has 0 aliphatic heterocycles. The fraction of sp³-hybridized carbons (Fsp3) is 0.778.